The average Bonchev–Trinajstić information content (AvgIpc) is 2.40. The first-order chi connectivity index (χ1) is 10.3. The molecule has 0 radical (unpaired) electrons. The van der Waals surface area contributed by atoms with E-state index >= 15 is 0 Å². The maximum absolute atomic E-state index is 11.9. The molecule has 0 aliphatic rings. The molecule has 0 fully saturated rings. The van der Waals surface area contributed by atoms with Gasteiger partial charge in [0.25, 0.3) is 0 Å². The summed E-state index contributed by atoms with van der Waals surface area (Å²) in [6, 6.07) is 0.0181. The monoisotopic (exact) mass is 314 g/mol. The molecule has 0 aromatic heterocycles. The number of nitrogens with one attached hydrogen (secondary N) is 3. The molecule has 0 bridgehead atoms. The van der Waals surface area contributed by atoms with Gasteiger partial charge in [0, 0.05) is 26.2 Å². The summed E-state index contributed by atoms with van der Waals surface area (Å²) in [6.45, 7) is 11.3. The van der Waals surface area contributed by atoms with E-state index in [1.165, 1.54) is 0 Å². The minimum absolute atomic E-state index is 0.0181. The number of carbonyl (C=O) groups excluding carboxylic acids is 1. The third kappa shape index (κ3) is 11.2. The molecule has 6 nitrogen and oxygen atoms in total. The number of carbonyl (C=O) groups is 1. The van der Waals surface area contributed by atoms with E-state index in [1.807, 2.05) is 20.8 Å². The first-order valence-electron chi connectivity index (χ1n) is 8.26. The molecule has 3 N–H and O–H groups in total. The Morgan fingerprint density at radius 3 is 2.36 bits per heavy atom. The van der Waals surface area contributed by atoms with Crippen LogP contribution in [0, 0.1) is 0 Å². The Hall–Kier alpha value is -1.46. The molecular formula is C16H34N4O2. The molecule has 0 saturated carbocycles. The van der Waals surface area contributed by atoms with Crippen LogP contribution in [0.5, 0.6) is 0 Å². The molecule has 0 rings (SSSR count). The minimum atomic E-state index is -0.480. The normalized spacial score (nSPS) is 13.5. The number of alkyl carbamates (subject to hydrolysis) is 1. The van der Waals surface area contributed by atoms with Crippen LogP contribution in [0.2, 0.25) is 0 Å². The van der Waals surface area contributed by atoms with Crippen LogP contribution in [0.15, 0.2) is 4.99 Å². The lowest BCUT2D eigenvalue weighted by Gasteiger charge is -2.24. The molecule has 0 spiro atoms. The lowest BCUT2D eigenvalue weighted by atomic mass is 10.1. The molecule has 1 amide bonds. The topological polar surface area (TPSA) is 74.8 Å². The number of rotatable bonds is 8. The van der Waals surface area contributed by atoms with Crippen molar-refractivity contribution in [3.05, 3.63) is 0 Å². The maximum atomic E-state index is 11.9. The van der Waals surface area contributed by atoms with Gasteiger partial charge in [-0.25, -0.2) is 4.79 Å². The third-order valence-electron chi connectivity index (χ3n) is 2.92. The van der Waals surface area contributed by atoms with E-state index in [0.717, 1.165) is 38.2 Å². The van der Waals surface area contributed by atoms with Gasteiger partial charge in [-0.2, -0.15) is 0 Å². The van der Waals surface area contributed by atoms with E-state index in [2.05, 4.69) is 34.8 Å². The Bertz CT molecular complexity index is 338. The molecule has 0 saturated heterocycles. The highest BCUT2D eigenvalue weighted by Crippen LogP contribution is 2.07. The highest BCUT2D eigenvalue weighted by molar-refractivity contribution is 5.79. The number of unbranched alkanes of at least 4 members (excludes halogenated alkanes) is 1. The van der Waals surface area contributed by atoms with E-state index in [1.54, 1.807) is 7.05 Å². The molecule has 22 heavy (non-hydrogen) atoms. The highest BCUT2D eigenvalue weighted by atomic mass is 16.6. The van der Waals surface area contributed by atoms with Gasteiger partial charge in [-0.3, -0.25) is 4.99 Å². The Kier molecular flexibility index (Phi) is 10.4. The van der Waals surface area contributed by atoms with Crippen molar-refractivity contribution >= 4 is 12.1 Å². The molecule has 0 aliphatic heterocycles. The Morgan fingerprint density at radius 2 is 1.86 bits per heavy atom. The predicted molar refractivity (Wildman–Crippen MR) is 92.3 cm³/mol. The number of amides is 1. The van der Waals surface area contributed by atoms with Crippen molar-refractivity contribution in [2.45, 2.75) is 71.9 Å². The van der Waals surface area contributed by atoms with Crippen LogP contribution in [0.25, 0.3) is 0 Å². The van der Waals surface area contributed by atoms with E-state index < -0.39 is 5.60 Å². The van der Waals surface area contributed by atoms with Crippen molar-refractivity contribution in [1.29, 1.82) is 0 Å². The quantitative estimate of drug-likeness (QED) is 0.366. The molecule has 0 aliphatic carbocycles. The molecule has 6 heteroatoms. The summed E-state index contributed by atoms with van der Waals surface area (Å²) in [7, 11) is 1.75. The fraction of sp³-hybridized carbons (Fsp3) is 0.875. The second kappa shape index (κ2) is 11.2. The third-order valence-corrected chi connectivity index (χ3v) is 2.92. The summed E-state index contributed by atoms with van der Waals surface area (Å²) in [6.07, 6.45) is 3.75. The second-order valence-corrected chi connectivity index (χ2v) is 6.37. The van der Waals surface area contributed by atoms with Crippen molar-refractivity contribution in [2.24, 2.45) is 4.99 Å². The van der Waals surface area contributed by atoms with Gasteiger partial charge in [-0.1, -0.05) is 26.7 Å². The molecule has 0 heterocycles. The van der Waals surface area contributed by atoms with Crippen LogP contribution in [-0.2, 0) is 4.74 Å². The van der Waals surface area contributed by atoms with Crippen LogP contribution >= 0.6 is 0 Å². The van der Waals surface area contributed by atoms with Crippen LogP contribution in [0.3, 0.4) is 0 Å². The first kappa shape index (κ1) is 20.5. The smallest absolute Gasteiger partial charge is 0.407 e. The second-order valence-electron chi connectivity index (χ2n) is 6.37. The average molecular weight is 314 g/mol. The summed E-state index contributed by atoms with van der Waals surface area (Å²) >= 11 is 0. The lowest BCUT2D eigenvalue weighted by molar-refractivity contribution is 0.0502. The number of hydrogen-bond acceptors (Lipinski definition) is 3. The molecule has 0 aromatic rings. The van der Waals surface area contributed by atoms with Crippen molar-refractivity contribution in [1.82, 2.24) is 16.0 Å². The summed E-state index contributed by atoms with van der Waals surface area (Å²) in [4.78, 5) is 16.0. The van der Waals surface area contributed by atoms with Crippen molar-refractivity contribution in [2.75, 3.05) is 20.1 Å². The van der Waals surface area contributed by atoms with Gasteiger partial charge in [0.15, 0.2) is 5.96 Å². The van der Waals surface area contributed by atoms with Crippen LogP contribution in [0.4, 0.5) is 4.79 Å². The number of nitrogens with zero attached hydrogens (tertiary/aromatic N) is 1. The maximum Gasteiger partial charge on any atom is 0.407 e. The van der Waals surface area contributed by atoms with Crippen LogP contribution < -0.4 is 16.0 Å². The van der Waals surface area contributed by atoms with E-state index in [9.17, 15) is 4.79 Å². The summed E-state index contributed by atoms with van der Waals surface area (Å²) in [5, 5.41) is 9.42. The van der Waals surface area contributed by atoms with E-state index in [4.69, 9.17) is 4.74 Å². The summed E-state index contributed by atoms with van der Waals surface area (Å²) in [5.41, 5.74) is -0.480. The number of ether oxygens (including phenoxy) is 1. The van der Waals surface area contributed by atoms with Crippen molar-refractivity contribution < 1.29 is 9.53 Å². The van der Waals surface area contributed by atoms with Gasteiger partial charge in [0.1, 0.15) is 5.60 Å². The summed E-state index contributed by atoms with van der Waals surface area (Å²) < 4.78 is 5.30. The van der Waals surface area contributed by atoms with Gasteiger partial charge in [-0.15, -0.1) is 0 Å². The standard InChI is InChI=1S/C16H34N4O2/c1-7-9-11-18-14(17-6)19-12-13(10-8-2)20-15(21)22-16(3,4)5/h13H,7-12H2,1-6H3,(H,20,21)(H2,17,18,19). The highest BCUT2D eigenvalue weighted by Gasteiger charge is 2.19. The van der Waals surface area contributed by atoms with Crippen molar-refractivity contribution in [3.8, 4) is 0 Å². The van der Waals surface area contributed by atoms with E-state index in [0.29, 0.717) is 6.54 Å². The van der Waals surface area contributed by atoms with Crippen molar-refractivity contribution in [3.63, 3.8) is 0 Å². The predicted octanol–water partition coefficient (Wildman–Crippen LogP) is 2.64. The Morgan fingerprint density at radius 1 is 1.18 bits per heavy atom. The number of guanidine groups is 1. The zero-order chi connectivity index (χ0) is 17.0. The zero-order valence-corrected chi connectivity index (χ0v) is 15.1. The first-order valence-corrected chi connectivity index (χ1v) is 8.26. The summed E-state index contributed by atoms with van der Waals surface area (Å²) in [5.74, 6) is 0.764. The largest absolute Gasteiger partial charge is 0.444 e. The SMILES string of the molecule is CCCCNC(=NC)NCC(CCC)NC(=O)OC(C)(C)C. The molecule has 1 atom stereocenters. The molecule has 0 aromatic carbocycles. The van der Waals surface area contributed by atoms with Gasteiger partial charge >= 0.3 is 6.09 Å². The zero-order valence-electron chi connectivity index (χ0n) is 15.1. The fourth-order valence-corrected chi connectivity index (χ4v) is 1.87. The number of aliphatic imine (C=N–C) groups is 1. The van der Waals surface area contributed by atoms with Crippen LogP contribution in [0.1, 0.15) is 60.3 Å². The van der Waals surface area contributed by atoms with E-state index in [-0.39, 0.29) is 12.1 Å². The fourth-order valence-electron chi connectivity index (χ4n) is 1.87. The molecule has 130 valence electrons. The molecule has 1 unspecified atom stereocenters. The lowest BCUT2D eigenvalue weighted by Crippen LogP contribution is -2.48. The Labute approximate surface area is 135 Å². The number of hydrogen-bond donors (Lipinski definition) is 3. The van der Waals surface area contributed by atoms with Gasteiger partial charge in [-0.05, 0) is 33.6 Å². The van der Waals surface area contributed by atoms with Gasteiger partial charge in [0.2, 0.25) is 0 Å². The minimum Gasteiger partial charge on any atom is -0.444 e. The van der Waals surface area contributed by atoms with Gasteiger partial charge < -0.3 is 20.7 Å². The Balaban J connectivity index is 4.30. The van der Waals surface area contributed by atoms with Crippen LogP contribution in [-0.4, -0.2) is 43.8 Å². The molecular weight excluding hydrogens is 280 g/mol. The van der Waals surface area contributed by atoms with Gasteiger partial charge in [0.05, 0.1) is 0 Å².